The van der Waals surface area contributed by atoms with Crippen LogP contribution in [-0.4, -0.2) is 0 Å². The van der Waals surface area contributed by atoms with Crippen LogP contribution in [0.2, 0.25) is 0 Å². The topological polar surface area (TPSA) is 0 Å². The molecule has 0 aromatic heterocycles. The molecule has 0 spiro atoms. The molecule has 2 aliphatic carbocycles. The Hall–Kier alpha value is -6.94. The first-order valence-electron chi connectivity index (χ1n) is 23.3. The van der Waals surface area contributed by atoms with Crippen LogP contribution in [0.25, 0.3) is 43.4 Å². The second-order valence-electron chi connectivity index (χ2n) is 18.4. The minimum Gasteiger partial charge on any atom is -0.115 e. The molecule has 0 saturated carbocycles. The van der Waals surface area contributed by atoms with Crippen LogP contribution in [0.1, 0.15) is 92.3 Å². The highest BCUT2D eigenvalue weighted by molar-refractivity contribution is 6.06. The monoisotopic (exact) mass is 824 g/mol. The van der Waals surface area contributed by atoms with Gasteiger partial charge in [0.2, 0.25) is 0 Å². The predicted octanol–water partition coefficient (Wildman–Crippen LogP) is 16.6. The number of hydrogen-bond donors (Lipinski definition) is 0. The lowest BCUT2D eigenvalue weighted by atomic mass is 9.66. The second-order valence-corrected chi connectivity index (χ2v) is 18.4. The predicted molar refractivity (Wildman–Crippen MR) is 274 cm³/mol. The average Bonchev–Trinajstić information content (AvgIpc) is 3.64. The molecule has 0 aliphatic heterocycles. The standard InChI is InChI=1S/C64H56/c1-7-9-25-56(42(3)8-2)57-34-30-49(36-43(57)4)44(5)45(6)50-31-35-60-61(40-50)64(54-32-28-47-21-13-15-23-51(47)38-54,55-33-29-48-22-14-16-24-52(48)39-55)62-41-53(37-46-19-11-10-12-20-46)58-26-17-18-27-59(58)63(60)62/h2,9-29,31-36,38-41,44-45,49H,7,30,37H2,1,3-6H3/b25-9-,56-42-. The SMILES string of the molecule is C#C/C(C)=C(/C=C\CC)C1=CCC(C(C)C(C)c2ccc3c(c2)C(c2ccc4ccccc4c2)(c2ccc4ccccc4c2)c2cc(Cc4ccccc4)c4ccccc4c2-3)C=C1C. The normalized spacial score (nSPS) is 16.8. The largest absolute Gasteiger partial charge is 0.115 e. The fourth-order valence-corrected chi connectivity index (χ4v) is 11.1. The van der Waals surface area contributed by atoms with Crippen molar-refractivity contribution >= 4 is 32.3 Å². The van der Waals surface area contributed by atoms with Crippen molar-refractivity contribution in [1.82, 2.24) is 0 Å². The fourth-order valence-electron chi connectivity index (χ4n) is 11.1. The van der Waals surface area contributed by atoms with E-state index in [2.05, 4.69) is 229 Å². The van der Waals surface area contributed by atoms with E-state index in [1.54, 1.807) is 0 Å². The molecule has 10 rings (SSSR count). The summed E-state index contributed by atoms with van der Waals surface area (Å²) in [5, 5.41) is 7.66. The Morgan fingerprint density at radius 3 is 1.97 bits per heavy atom. The molecule has 8 aromatic carbocycles. The first-order valence-corrected chi connectivity index (χ1v) is 23.3. The highest BCUT2D eigenvalue weighted by Crippen LogP contribution is 2.59. The van der Waals surface area contributed by atoms with E-state index in [9.17, 15) is 0 Å². The molecule has 0 radical (unpaired) electrons. The van der Waals surface area contributed by atoms with Gasteiger partial charge in [0.15, 0.2) is 0 Å². The average molecular weight is 825 g/mol. The van der Waals surface area contributed by atoms with Crippen LogP contribution >= 0.6 is 0 Å². The molecule has 0 amide bonds. The van der Waals surface area contributed by atoms with Gasteiger partial charge in [-0.15, -0.1) is 6.42 Å². The molecule has 0 heterocycles. The van der Waals surface area contributed by atoms with Gasteiger partial charge in [0.1, 0.15) is 0 Å². The van der Waals surface area contributed by atoms with Gasteiger partial charge in [-0.2, -0.15) is 0 Å². The molecule has 3 unspecified atom stereocenters. The highest BCUT2D eigenvalue weighted by Gasteiger charge is 2.48. The Morgan fingerprint density at radius 1 is 0.703 bits per heavy atom. The fraction of sp³-hybridized carbons (Fsp3) is 0.188. The lowest BCUT2D eigenvalue weighted by molar-refractivity contribution is 0.369. The molecule has 0 nitrogen and oxygen atoms in total. The minimum absolute atomic E-state index is 0.303. The summed E-state index contributed by atoms with van der Waals surface area (Å²) in [7, 11) is 0. The zero-order valence-electron chi connectivity index (χ0n) is 37.8. The molecule has 312 valence electrons. The summed E-state index contributed by atoms with van der Waals surface area (Å²) in [5.41, 5.74) is 16.2. The van der Waals surface area contributed by atoms with Crippen LogP contribution in [0.3, 0.4) is 0 Å². The van der Waals surface area contributed by atoms with Crippen molar-refractivity contribution < 1.29 is 0 Å². The van der Waals surface area contributed by atoms with Crippen LogP contribution in [0.15, 0.2) is 210 Å². The second kappa shape index (κ2) is 17.0. The Balaban J connectivity index is 1.19. The number of allylic oxidation sites excluding steroid dienone is 8. The molecule has 0 bridgehead atoms. The van der Waals surface area contributed by atoms with Gasteiger partial charge in [-0.05, 0) is 162 Å². The smallest absolute Gasteiger partial charge is 0.0714 e. The summed E-state index contributed by atoms with van der Waals surface area (Å²) in [6, 6.07) is 62.4. The molecule has 0 heteroatoms. The summed E-state index contributed by atoms with van der Waals surface area (Å²) in [4.78, 5) is 0. The van der Waals surface area contributed by atoms with E-state index in [0.29, 0.717) is 17.8 Å². The first-order chi connectivity index (χ1) is 31.3. The zero-order valence-corrected chi connectivity index (χ0v) is 37.8. The van der Waals surface area contributed by atoms with Crippen molar-refractivity contribution in [1.29, 1.82) is 0 Å². The Kier molecular flexibility index (Phi) is 10.9. The van der Waals surface area contributed by atoms with E-state index < -0.39 is 5.41 Å². The van der Waals surface area contributed by atoms with Crippen molar-refractivity contribution in [2.24, 2.45) is 11.8 Å². The van der Waals surface area contributed by atoms with Gasteiger partial charge in [-0.25, -0.2) is 0 Å². The van der Waals surface area contributed by atoms with Gasteiger partial charge in [-0.1, -0.05) is 203 Å². The Morgan fingerprint density at radius 2 is 1.33 bits per heavy atom. The molecule has 0 N–H and O–H groups in total. The number of terminal acetylenes is 1. The molecule has 0 saturated heterocycles. The number of rotatable bonds is 10. The first kappa shape index (κ1) is 41.1. The van der Waals surface area contributed by atoms with Crippen LogP contribution in [0, 0.1) is 24.2 Å². The van der Waals surface area contributed by atoms with E-state index in [0.717, 1.165) is 24.8 Å². The van der Waals surface area contributed by atoms with Crippen molar-refractivity contribution in [3.8, 4) is 23.5 Å². The van der Waals surface area contributed by atoms with Gasteiger partial charge in [0.05, 0.1) is 5.41 Å². The maximum Gasteiger partial charge on any atom is 0.0714 e. The summed E-state index contributed by atoms with van der Waals surface area (Å²) < 4.78 is 0. The van der Waals surface area contributed by atoms with Gasteiger partial charge in [0.25, 0.3) is 0 Å². The molecule has 3 atom stereocenters. The summed E-state index contributed by atoms with van der Waals surface area (Å²) in [6.07, 6.45) is 18.2. The number of benzene rings is 8. The van der Waals surface area contributed by atoms with E-state index in [4.69, 9.17) is 6.42 Å². The Labute approximate surface area is 380 Å². The molecule has 8 aromatic rings. The van der Waals surface area contributed by atoms with E-state index >= 15 is 0 Å². The molecule has 2 aliphatic rings. The third kappa shape index (κ3) is 6.96. The lowest BCUT2D eigenvalue weighted by Gasteiger charge is -2.36. The summed E-state index contributed by atoms with van der Waals surface area (Å²) in [5.74, 6) is 4.03. The van der Waals surface area contributed by atoms with E-state index in [1.165, 1.54) is 99.1 Å². The van der Waals surface area contributed by atoms with E-state index in [-0.39, 0.29) is 0 Å². The maximum absolute atomic E-state index is 5.96. The summed E-state index contributed by atoms with van der Waals surface area (Å²) >= 11 is 0. The molecular formula is C64H56. The van der Waals surface area contributed by atoms with Crippen LogP contribution < -0.4 is 0 Å². The quantitative estimate of drug-likeness (QED) is 0.0952. The third-order valence-corrected chi connectivity index (χ3v) is 14.8. The third-order valence-electron chi connectivity index (χ3n) is 14.8. The van der Waals surface area contributed by atoms with Crippen molar-refractivity contribution in [2.75, 3.05) is 0 Å². The van der Waals surface area contributed by atoms with Crippen molar-refractivity contribution in [3.63, 3.8) is 0 Å². The van der Waals surface area contributed by atoms with Crippen molar-refractivity contribution in [3.05, 3.63) is 249 Å². The Bertz CT molecular complexity index is 3190. The lowest BCUT2D eigenvalue weighted by Crippen LogP contribution is -2.29. The minimum atomic E-state index is -0.588. The van der Waals surface area contributed by atoms with Gasteiger partial charge < -0.3 is 0 Å². The maximum atomic E-state index is 5.96. The van der Waals surface area contributed by atoms with Crippen LogP contribution in [-0.2, 0) is 11.8 Å². The molecular weight excluding hydrogens is 769 g/mol. The van der Waals surface area contributed by atoms with Gasteiger partial charge in [-0.3, -0.25) is 0 Å². The number of fused-ring (bicyclic) bond motifs is 7. The van der Waals surface area contributed by atoms with Gasteiger partial charge >= 0.3 is 0 Å². The van der Waals surface area contributed by atoms with Crippen LogP contribution in [0.5, 0.6) is 0 Å². The highest BCUT2D eigenvalue weighted by atomic mass is 14.5. The van der Waals surface area contributed by atoms with Gasteiger partial charge in [0, 0.05) is 5.57 Å². The molecule has 0 fully saturated rings. The molecule has 64 heavy (non-hydrogen) atoms. The van der Waals surface area contributed by atoms with Crippen LogP contribution in [0.4, 0.5) is 0 Å². The van der Waals surface area contributed by atoms with E-state index in [1.807, 2.05) is 0 Å². The summed E-state index contributed by atoms with van der Waals surface area (Å²) in [6.45, 7) is 11.4. The number of hydrogen-bond acceptors (Lipinski definition) is 0. The van der Waals surface area contributed by atoms with Crippen molar-refractivity contribution in [2.45, 2.75) is 65.2 Å². The zero-order chi connectivity index (χ0) is 44.0.